The minimum Gasteiger partial charge on any atom is -0.267 e. The highest BCUT2D eigenvalue weighted by atomic mass is 32.1. The Kier molecular flexibility index (Phi) is 3.79. The average molecular weight is 298 g/mol. The first-order valence-corrected chi connectivity index (χ1v) is 7.41. The van der Waals surface area contributed by atoms with E-state index in [9.17, 15) is 4.79 Å². The minimum atomic E-state index is -0.0802. The fraction of sp³-hybridized carbons (Fsp3) is 0.133. The second-order valence-corrected chi connectivity index (χ2v) is 5.24. The summed E-state index contributed by atoms with van der Waals surface area (Å²) < 4.78 is 3.29. The molecule has 5 nitrogen and oxygen atoms in total. The minimum absolute atomic E-state index is 0.0802. The Morgan fingerprint density at radius 3 is 2.57 bits per heavy atom. The molecule has 0 saturated heterocycles. The van der Waals surface area contributed by atoms with E-state index in [1.807, 2.05) is 55.5 Å². The van der Waals surface area contributed by atoms with Crippen LogP contribution < -0.4 is 10.5 Å². The lowest BCUT2D eigenvalue weighted by Gasteiger charge is -1.97. The molecule has 0 aliphatic rings. The van der Waals surface area contributed by atoms with Crippen LogP contribution in [-0.4, -0.2) is 13.5 Å². The lowest BCUT2D eigenvalue weighted by molar-refractivity contribution is 0.685. The summed E-state index contributed by atoms with van der Waals surface area (Å²) in [5.74, 6) is 0.598. The molecule has 3 rings (SSSR count). The lowest BCUT2D eigenvalue weighted by Crippen LogP contribution is -2.28. The number of hydrogen-bond donors (Lipinski definition) is 0. The van der Waals surface area contributed by atoms with Crippen molar-refractivity contribution in [3.8, 4) is 5.69 Å². The maximum atomic E-state index is 12.5. The van der Waals surface area contributed by atoms with Crippen LogP contribution in [-0.2, 0) is 6.54 Å². The normalized spacial score (nSPS) is 11.8. The second-order valence-electron chi connectivity index (χ2n) is 4.33. The molecule has 106 valence electrons. The Balaban J connectivity index is 2.19. The molecule has 0 amide bonds. The largest absolute Gasteiger partial charge is 0.344 e. The van der Waals surface area contributed by atoms with E-state index >= 15 is 0 Å². The summed E-state index contributed by atoms with van der Waals surface area (Å²) in [7, 11) is 0. The Morgan fingerprint density at radius 2 is 1.90 bits per heavy atom. The average Bonchev–Trinajstić information content (AvgIpc) is 2.85. The zero-order valence-electron chi connectivity index (χ0n) is 11.5. The molecule has 21 heavy (non-hydrogen) atoms. The van der Waals surface area contributed by atoms with E-state index < -0.39 is 0 Å². The summed E-state index contributed by atoms with van der Waals surface area (Å²) in [6, 6.07) is 15.1. The summed E-state index contributed by atoms with van der Waals surface area (Å²) in [6.45, 7) is 2.50. The highest BCUT2D eigenvalue weighted by Gasteiger charge is 2.09. The maximum absolute atomic E-state index is 12.5. The standard InChI is InChI=1S/C15H14N4OS/c1-2-18-14(17-13-10-6-7-11-16-13)21-19(15(18)20)12-8-4-3-5-9-12/h3-11H,2H2,1H3/b17-14-. The van der Waals surface area contributed by atoms with E-state index in [2.05, 4.69) is 9.98 Å². The fourth-order valence-electron chi connectivity index (χ4n) is 1.96. The molecule has 0 unspecified atom stereocenters. The molecular formula is C15H14N4OS. The molecule has 0 spiro atoms. The van der Waals surface area contributed by atoms with Gasteiger partial charge in [0.2, 0.25) is 4.80 Å². The van der Waals surface area contributed by atoms with Crippen molar-refractivity contribution in [1.82, 2.24) is 13.5 Å². The maximum Gasteiger partial charge on any atom is 0.344 e. The third-order valence-corrected chi connectivity index (χ3v) is 4.00. The van der Waals surface area contributed by atoms with Gasteiger partial charge < -0.3 is 0 Å². The van der Waals surface area contributed by atoms with E-state index in [1.54, 1.807) is 14.7 Å². The van der Waals surface area contributed by atoms with Gasteiger partial charge in [-0.25, -0.2) is 13.7 Å². The van der Waals surface area contributed by atoms with Gasteiger partial charge >= 0.3 is 5.69 Å². The fourth-order valence-corrected chi connectivity index (χ4v) is 2.96. The smallest absolute Gasteiger partial charge is 0.267 e. The van der Waals surface area contributed by atoms with E-state index in [0.29, 0.717) is 17.2 Å². The van der Waals surface area contributed by atoms with Gasteiger partial charge in [-0.1, -0.05) is 24.3 Å². The number of benzene rings is 1. The van der Waals surface area contributed by atoms with Crippen molar-refractivity contribution in [2.75, 3.05) is 0 Å². The first-order chi connectivity index (χ1) is 10.3. The summed E-state index contributed by atoms with van der Waals surface area (Å²) in [5.41, 5.74) is 0.764. The Labute approximate surface area is 125 Å². The van der Waals surface area contributed by atoms with E-state index in [0.717, 1.165) is 5.69 Å². The Hall–Kier alpha value is -2.47. The summed E-state index contributed by atoms with van der Waals surface area (Å²) in [5, 5.41) is 0. The van der Waals surface area contributed by atoms with Gasteiger partial charge in [0.15, 0.2) is 5.82 Å². The molecular weight excluding hydrogens is 284 g/mol. The van der Waals surface area contributed by atoms with E-state index in [1.165, 1.54) is 11.5 Å². The van der Waals surface area contributed by atoms with Crippen molar-refractivity contribution < 1.29 is 0 Å². The van der Waals surface area contributed by atoms with Gasteiger partial charge in [0.1, 0.15) is 0 Å². The summed E-state index contributed by atoms with van der Waals surface area (Å²) >= 11 is 1.32. The van der Waals surface area contributed by atoms with Gasteiger partial charge in [-0.3, -0.25) is 4.57 Å². The van der Waals surface area contributed by atoms with Crippen LogP contribution in [0.5, 0.6) is 0 Å². The zero-order valence-corrected chi connectivity index (χ0v) is 12.3. The lowest BCUT2D eigenvalue weighted by atomic mass is 10.3. The Bertz CT molecular complexity index is 847. The van der Waals surface area contributed by atoms with Crippen molar-refractivity contribution in [2.24, 2.45) is 4.99 Å². The van der Waals surface area contributed by atoms with Gasteiger partial charge in [-0.15, -0.1) is 0 Å². The predicted molar refractivity (Wildman–Crippen MR) is 83.0 cm³/mol. The number of aromatic nitrogens is 3. The first kappa shape index (κ1) is 13.5. The van der Waals surface area contributed by atoms with Crippen molar-refractivity contribution >= 4 is 17.4 Å². The van der Waals surface area contributed by atoms with E-state index in [-0.39, 0.29) is 5.69 Å². The molecule has 0 radical (unpaired) electrons. The third kappa shape index (κ3) is 2.71. The number of pyridine rings is 1. The number of rotatable bonds is 3. The number of nitrogens with zero attached hydrogens (tertiary/aromatic N) is 4. The zero-order chi connectivity index (χ0) is 14.7. The summed E-state index contributed by atoms with van der Waals surface area (Å²) in [4.78, 5) is 21.8. The molecule has 0 N–H and O–H groups in total. The van der Waals surface area contributed by atoms with Crippen LogP contribution >= 0.6 is 11.5 Å². The summed E-state index contributed by atoms with van der Waals surface area (Å²) in [6.07, 6.45) is 1.69. The van der Waals surface area contributed by atoms with Gasteiger partial charge in [0, 0.05) is 12.7 Å². The highest BCUT2D eigenvalue weighted by molar-refractivity contribution is 7.03. The van der Waals surface area contributed by atoms with E-state index in [4.69, 9.17) is 0 Å². The number of para-hydroxylation sites is 1. The van der Waals surface area contributed by atoms with Crippen LogP contribution in [0.2, 0.25) is 0 Å². The highest BCUT2D eigenvalue weighted by Crippen LogP contribution is 2.07. The van der Waals surface area contributed by atoms with Crippen LogP contribution in [0.25, 0.3) is 5.69 Å². The van der Waals surface area contributed by atoms with Crippen LogP contribution in [0.4, 0.5) is 5.82 Å². The van der Waals surface area contributed by atoms with Gasteiger partial charge in [0.05, 0.1) is 5.69 Å². The van der Waals surface area contributed by atoms with Crippen molar-refractivity contribution in [3.05, 3.63) is 70.0 Å². The molecule has 1 aromatic carbocycles. The molecule has 0 bridgehead atoms. The molecule has 0 aliphatic carbocycles. The topological polar surface area (TPSA) is 52.2 Å². The molecule has 2 aromatic heterocycles. The SMILES string of the molecule is CCn1c(=O)n(-c2ccccc2)s/c1=N\c1ccccn1. The first-order valence-electron chi connectivity index (χ1n) is 6.64. The van der Waals surface area contributed by atoms with Gasteiger partial charge in [0.25, 0.3) is 0 Å². The Morgan fingerprint density at radius 1 is 1.14 bits per heavy atom. The second kappa shape index (κ2) is 5.88. The third-order valence-electron chi connectivity index (χ3n) is 2.97. The number of hydrogen-bond acceptors (Lipinski definition) is 4. The van der Waals surface area contributed by atoms with Crippen LogP contribution in [0, 0.1) is 0 Å². The van der Waals surface area contributed by atoms with Crippen LogP contribution in [0.3, 0.4) is 0 Å². The molecule has 0 saturated carbocycles. The molecule has 3 aromatic rings. The molecule has 0 fully saturated rings. The monoisotopic (exact) mass is 298 g/mol. The van der Waals surface area contributed by atoms with Gasteiger partial charge in [-0.05, 0) is 42.7 Å². The van der Waals surface area contributed by atoms with Crippen molar-refractivity contribution in [3.63, 3.8) is 0 Å². The van der Waals surface area contributed by atoms with Crippen molar-refractivity contribution in [1.29, 1.82) is 0 Å². The van der Waals surface area contributed by atoms with Gasteiger partial charge in [-0.2, -0.15) is 4.99 Å². The molecule has 0 atom stereocenters. The van der Waals surface area contributed by atoms with Crippen LogP contribution in [0.1, 0.15) is 6.92 Å². The van der Waals surface area contributed by atoms with Crippen LogP contribution in [0.15, 0.2) is 64.5 Å². The predicted octanol–water partition coefficient (Wildman–Crippen LogP) is 2.35. The molecule has 2 heterocycles. The van der Waals surface area contributed by atoms with Crippen molar-refractivity contribution in [2.45, 2.75) is 13.5 Å². The molecule has 0 aliphatic heterocycles. The quantitative estimate of drug-likeness (QED) is 0.745. The molecule has 6 heteroatoms.